The van der Waals surface area contributed by atoms with Crippen molar-refractivity contribution < 1.29 is 4.74 Å². The summed E-state index contributed by atoms with van der Waals surface area (Å²) in [6.07, 6.45) is 2.85. The zero-order valence-corrected chi connectivity index (χ0v) is 10.9. The zero-order chi connectivity index (χ0) is 12.4. The van der Waals surface area contributed by atoms with Gasteiger partial charge in [-0.1, -0.05) is 18.5 Å². The Kier molecular flexibility index (Phi) is 4.04. The van der Waals surface area contributed by atoms with Gasteiger partial charge in [-0.25, -0.2) is 0 Å². The van der Waals surface area contributed by atoms with Crippen LogP contribution in [0.4, 0.5) is 0 Å². The Balaban J connectivity index is 2.19. The van der Waals surface area contributed by atoms with Gasteiger partial charge in [-0.2, -0.15) is 5.10 Å². The van der Waals surface area contributed by atoms with Crippen LogP contribution in [0.15, 0.2) is 6.20 Å². The molecule has 1 saturated carbocycles. The highest BCUT2D eigenvalue weighted by Gasteiger charge is 2.42. The van der Waals surface area contributed by atoms with E-state index in [4.69, 9.17) is 22.2 Å². The van der Waals surface area contributed by atoms with Crippen LogP contribution < -0.4 is 11.3 Å². The molecule has 1 aromatic heterocycles. The first kappa shape index (κ1) is 12.8. The largest absolute Gasteiger partial charge is 0.383 e. The van der Waals surface area contributed by atoms with Gasteiger partial charge in [0.05, 0.1) is 36.1 Å². The molecular formula is C11H19ClN4O. The van der Waals surface area contributed by atoms with Crippen molar-refractivity contribution in [1.29, 1.82) is 0 Å². The van der Waals surface area contributed by atoms with Crippen molar-refractivity contribution in [3.63, 3.8) is 0 Å². The standard InChI is InChI=1S/C11H19ClN4O/c1-7-5-8(7)10(15-13)11-9(12)6-14-16(11)3-4-17-2/h6-8,10,15H,3-5,13H2,1-2H3. The lowest BCUT2D eigenvalue weighted by Crippen LogP contribution is -2.32. The van der Waals surface area contributed by atoms with Crippen LogP contribution in [0.5, 0.6) is 0 Å². The molecule has 0 radical (unpaired) electrons. The monoisotopic (exact) mass is 258 g/mol. The maximum atomic E-state index is 6.20. The molecule has 3 atom stereocenters. The zero-order valence-electron chi connectivity index (χ0n) is 10.2. The van der Waals surface area contributed by atoms with Crippen LogP contribution in [-0.4, -0.2) is 23.5 Å². The van der Waals surface area contributed by atoms with E-state index >= 15 is 0 Å². The minimum absolute atomic E-state index is 0.0804. The van der Waals surface area contributed by atoms with Crippen molar-refractivity contribution in [2.75, 3.05) is 13.7 Å². The number of methoxy groups -OCH3 is 1. The molecule has 1 aliphatic rings. The number of hydrazine groups is 1. The summed E-state index contributed by atoms with van der Waals surface area (Å²) >= 11 is 6.20. The van der Waals surface area contributed by atoms with Gasteiger partial charge in [0.2, 0.25) is 0 Å². The fraction of sp³-hybridized carbons (Fsp3) is 0.727. The molecule has 2 rings (SSSR count). The molecule has 0 saturated heterocycles. The van der Waals surface area contributed by atoms with Crippen LogP contribution in [0.1, 0.15) is 25.1 Å². The van der Waals surface area contributed by atoms with E-state index in [1.165, 1.54) is 6.42 Å². The molecule has 1 aromatic rings. The lowest BCUT2D eigenvalue weighted by atomic mass is 10.1. The summed E-state index contributed by atoms with van der Waals surface area (Å²) in [6, 6.07) is 0.0804. The van der Waals surface area contributed by atoms with Crippen LogP contribution >= 0.6 is 11.6 Å². The molecule has 0 amide bonds. The molecule has 0 spiro atoms. The van der Waals surface area contributed by atoms with Crippen molar-refractivity contribution in [2.45, 2.75) is 25.9 Å². The van der Waals surface area contributed by atoms with Gasteiger partial charge in [0, 0.05) is 7.11 Å². The number of hydrogen-bond donors (Lipinski definition) is 2. The lowest BCUT2D eigenvalue weighted by Gasteiger charge is -2.18. The number of halogens is 1. The highest BCUT2D eigenvalue weighted by atomic mass is 35.5. The maximum absolute atomic E-state index is 6.20. The first-order valence-electron chi connectivity index (χ1n) is 5.85. The molecule has 1 heterocycles. The van der Waals surface area contributed by atoms with Crippen LogP contribution in [0, 0.1) is 11.8 Å². The molecule has 96 valence electrons. The third-order valence-corrected chi connectivity index (χ3v) is 3.71. The molecule has 3 N–H and O–H groups in total. The van der Waals surface area contributed by atoms with Crippen molar-refractivity contribution >= 4 is 11.6 Å². The fourth-order valence-corrected chi connectivity index (χ4v) is 2.52. The quantitative estimate of drug-likeness (QED) is 0.597. The maximum Gasteiger partial charge on any atom is 0.0834 e. The average Bonchev–Trinajstić information content (AvgIpc) is 2.92. The number of aromatic nitrogens is 2. The van der Waals surface area contributed by atoms with Crippen molar-refractivity contribution in [3.8, 4) is 0 Å². The molecule has 0 aliphatic heterocycles. The average molecular weight is 259 g/mol. The smallest absolute Gasteiger partial charge is 0.0834 e. The van der Waals surface area contributed by atoms with Crippen LogP contribution in [0.2, 0.25) is 5.02 Å². The molecule has 1 fully saturated rings. The van der Waals surface area contributed by atoms with Crippen molar-refractivity contribution in [2.24, 2.45) is 17.7 Å². The summed E-state index contributed by atoms with van der Waals surface area (Å²) in [5.74, 6) is 6.90. The van der Waals surface area contributed by atoms with Crippen LogP contribution in [0.25, 0.3) is 0 Å². The summed E-state index contributed by atoms with van der Waals surface area (Å²) < 4.78 is 6.94. The van der Waals surface area contributed by atoms with E-state index in [0.717, 1.165) is 5.69 Å². The molecular weight excluding hydrogens is 240 g/mol. The van der Waals surface area contributed by atoms with Crippen LogP contribution in [0.3, 0.4) is 0 Å². The van der Waals surface area contributed by atoms with Gasteiger partial charge in [0.25, 0.3) is 0 Å². The first-order chi connectivity index (χ1) is 8.19. The number of hydrogen-bond acceptors (Lipinski definition) is 4. The Bertz CT molecular complexity index is 382. The summed E-state index contributed by atoms with van der Waals surface area (Å²) in [4.78, 5) is 0. The third-order valence-electron chi connectivity index (χ3n) is 3.41. The van der Waals surface area contributed by atoms with Gasteiger partial charge < -0.3 is 4.74 Å². The van der Waals surface area contributed by atoms with E-state index in [1.54, 1.807) is 13.3 Å². The Morgan fingerprint density at radius 3 is 3.00 bits per heavy atom. The minimum atomic E-state index is 0.0804. The predicted octanol–water partition coefficient (Wildman–Crippen LogP) is 1.34. The number of nitrogens with two attached hydrogens (primary N) is 1. The van der Waals surface area contributed by atoms with Crippen LogP contribution in [-0.2, 0) is 11.3 Å². The number of nitrogens with zero attached hydrogens (tertiary/aromatic N) is 2. The third kappa shape index (κ3) is 2.63. The topological polar surface area (TPSA) is 65.1 Å². The Morgan fingerprint density at radius 1 is 1.76 bits per heavy atom. The SMILES string of the molecule is COCCn1ncc(Cl)c1C(NN)C1CC1C. The molecule has 6 heteroatoms. The van der Waals surface area contributed by atoms with Gasteiger partial charge in [0.15, 0.2) is 0 Å². The van der Waals surface area contributed by atoms with Gasteiger partial charge in [-0.15, -0.1) is 0 Å². The van der Waals surface area contributed by atoms with Gasteiger partial charge in [-0.05, 0) is 18.3 Å². The minimum Gasteiger partial charge on any atom is -0.383 e. The highest BCUT2D eigenvalue weighted by molar-refractivity contribution is 6.31. The van der Waals surface area contributed by atoms with Crippen molar-refractivity contribution in [3.05, 3.63) is 16.9 Å². The second-order valence-corrected chi connectivity index (χ2v) is 5.02. The molecule has 17 heavy (non-hydrogen) atoms. The number of nitrogens with one attached hydrogen (secondary N) is 1. The van der Waals surface area contributed by atoms with Gasteiger partial charge in [0.1, 0.15) is 0 Å². The predicted molar refractivity (Wildman–Crippen MR) is 66.4 cm³/mol. The van der Waals surface area contributed by atoms with E-state index in [0.29, 0.717) is 30.0 Å². The fourth-order valence-electron chi connectivity index (χ4n) is 2.26. The highest BCUT2D eigenvalue weighted by Crippen LogP contribution is 2.47. The first-order valence-corrected chi connectivity index (χ1v) is 6.23. The Labute approximate surface area is 106 Å². The Morgan fingerprint density at radius 2 is 2.47 bits per heavy atom. The Hall–Kier alpha value is -0.620. The van der Waals surface area contributed by atoms with Crippen molar-refractivity contribution in [1.82, 2.24) is 15.2 Å². The summed E-state index contributed by atoms with van der Waals surface area (Å²) in [7, 11) is 1.67. The lowest BCUT2D eigenvalue weighted by molar-refractivity contribution is 0.181. The summed E-state index contributed by atoms with van der Waals surface area (Å²) in [6.45, 7) is 3.53. The number of rotatable bonds is 6. The van der Waals surface area contributed by atoms with E-state index in [-0.39, 0.29) is 6.04 Å². The normalized spacial score (nSPS) is 24.9. The van der Waals surface area contributed by atoms with E-state index in [1.807, 2.05) is 4.68 Å². The molecule has 5 nitrogen and oxygen atoms in total. The van der Waals surface area contributed by atoms with Gasteiger partial charge in [-0.3, -0.25) is 16.0 Å². The summed E-state index contributed by atoms with van der Waals surface area (Å²) in [5, 5.41) is 4.94. The second kappa shape index (κ2) is 5.35. The van der Waals surface area contributed by atoms with Gasteiger partial charge >= 0.3 is 0 Å². The molecule has 3 unspecified atom stereocenters. The molecule has 1 aliphatic carbocycles. The van der Waals surface area contributed by atoms with E-state index < -0.39 is 0 Å². The second-order valence-electron chi connectivity index (χ2n) is 4.61. The molecule has 0 aromatic carbocycles. The van der Waals surface area contributed by atoms with E-state index in [9.17, 15) is 0 Å². The van der Waals surface area contributed by atoms with E-state index in [2.05, 4.69) is 17.4 Å². The number of ether oxygens (including phenoxy) is 1. The summed E-state index contributed by atoms with van der Waals surface area (Å²) in [5.41, 5.74) is 3.84. The molecule has 0 bridgehead atoms.